The van der Waals surface area contributed by atoms with Gasteiger partial charge in [0.25, 0.3) is 0 Å². The highest BCUT2D eigenvalue weighted by Gasteiger charge is 2.25. The molecule has 0 saturated heterocycles. The van der Waals surface area contributed by atoms with Gasteiger partial charge in [0.1, 0.15) is 5.82 Å². The van der Waals surface area contributed by atoms with Gasteiger partial charge >= 0.3 is 0 Å². The maximum absolute atomic E-state index is 13.2. The molecular formula is C21H23FN2O2S. The van der Waals surface area contributed by atoms with Crippen LogP contribution < -0.4 is 10.2 Å². The van der Waals surface area contributed by atoms with E-state index in [-0.39, 0.29) is 36.0 Å². The van der Waals surface area contributed by atoms with Crippen molar-refractivity contribution in [2.75, 3.05) is 17.2 Å². The lowest BCUT2D eigenvalue weighted by Gasteiger charge is -2.29. The van der Waals surface area contributed by atoms with E-state index < -0.39 is 0 Å². The summed E-state index contributed by atoms with van der Waals surface area (Å²) < 4.78 is 13.2. The number of hydrogen-bond acceptors (Lipinski definition) is 3. The molecule has 2 aromatic rings. The molecule has 0 aliphatic carbocycles. The van der Waals surface area contributed by atoms with Crippen molar-refractivity contribution in [2.45, 2.75) is 31.2 Å². The van der Waals surface area contributed by atoms with Gasteiger partial charge in [-0.1, -0.05) is 38.1 Å². The van der Waals surface area contributed by atoms with Crippen molar-refractivity contribution in [3.63, 3.8) is 0 Å². The van der Waals surface area contributed by atoms with Crippen molar-refractivity contribution >= 4 is 29.3 Å². The zero-order chi connectivity index (χ0) is 19.4. The van der Waals surface area contributed by atoms with Gasteiger partial charge in [-0.05, 0) is 35.7 Å². The first-order valence-corrected chi connectivity index (χ1v) is 10.0. The summed E-state index contributed by atoms with van der Waals surface area (Å²) in [5, 5.41) is 3.03. The van der Waals surface area contributed by atoms with Crippen molar-refractivity contribution in [2.24, 2.45) is 5.92 Å². The van der Waals surface area contributed by atoms with Crippen LogP contribution in [0.4, 0.5) is 10.1 Å². The van der Waals surface area contributed by atoms with Crippen LogP contribution in [0.15, 0.2) is 53.4 Å². The number of hydrogen-bond donors (Lipinski definition) is 1. The lowest BCUT2D eigenvalue weighted by atomic mass is 9.96. The van der Waals surface area contributed by atoms with Crippen molar-refractivity contribution in [1.29, 1.82) is 0 Å². The molecule has 3 rings (SSSR count). The molecule has 0 radical (unpaired) electrons. The minimum atomic E-state index is -0.298. The van der Waals surface area contributed by atoms with Crippen LogP contribution in [-0.2, 0) is 9.59 Å². The fraction of sp³-hybridized carbons (Fsp3) is 0.333. The van der Waals surface area contributed by atoms with E-state index in [9.17, 15) is 14.0 Å². The molecule has 1 aliphatic rings. The number of anilines is 1. The molecule has 0 bridgehead atoms. The molecular weight excluding hydrogens is 363 g/mol. The molecule has 0 aromatic heterocycles. The molecule has 0 fully saturated rings. The van der Waals surface area contributed by atoms with E-state index in [1.54, 1.807) is 17.0 Å². The molecule has 1 heterocycles. The molecule has 1 aliphatic heterocycles. The van der Waals surface area contributed by atoms with E-state index in [1.807, 2.05) is 38.1 Å². The van der Waals surface area contributed by atoms with E-state index in [0.29, 0.717) is 12.3 Å². The Kier molecular flexibility index (Phi) is 6.16. The maximum atomic E-state index is 13.2. The van der Waals surface area contributed by atoms with Crippen molar-refractivity contribution in [3.8, 4) is 0 Å². The first-order valence-electron chi connectivity index (χ1n) is 9.02. The van der Waals surface area contributed by atoms with E-state index in [1.165, 1.54) is 23.9 Å². The average molecular weight is 386 g/mol. The van der Waals surface area contributed by atoms with Crippen LogP contribution in [-0.4, -0.2) is 24.1 Å². The zero-order valence-corrected chi connectivity index (χ0v) is 16.3. The Bertz CT molecular complexity index is 823. The number of carbonyl (C=O) groups is 2. The third kappa shape index (κ3) is 4.69. The first-order chi connectivity index (χ1) is 13.0. The van der Waals surface area contributed by atoms with Gasteiger partial charge in [0.05, 0.1) is 17.5 Å². The van der Waals surface area contributed by atoms with Crippen LogP contribution in [0.25, 0.3) is 0 Å². The molecule has 4 nitrogen and oxygen atoms in total. The van der Waals surface area contributed by atoms with Crippen LogP contribution in [0, 0.1) is 11.7 Å². The summed E-state index contributed by atoms with van der Waals surface area (Å²) in [7, 11) is 0. The minimum absolute atomic E-state index is 0.0189. The molecule has 0 spiro atoms. The van der Waals surface area contributed by atoms with Gasteiger partial charge in [-0.3, -0.25) is 9.59 Å². The average Bonchev–Trinajstić information content (AvgIpc) is 2.66. The van der Waals surface area contributed by atoms with Gasteiger partial charge in [-0.2, -0.15) is 0 Å². The van der Waals surface area contributed by atoms with Crippen LogP contribution in [0.5, 0.6) is 0 Å². The number of carbonyl (C=O) groups excluding carboxylic acids is 2. The summed E-state index contributed by atoms with van der Waals surface area (Å²) in [5.74, 6) is 0.149. The molecule has 1 unspecified atom stereocenters. The number of benzene rings is 2. The molecule has 6 heteroatoms. The minimum Gasteiger partial charge on any atom is -0.349 e. The Labute approximate surface area is 163 Å². The Morgan fingerprint density at radius 1 is 1.19 bits per heavy atom. The Morgan fingerprint density at radius 3 is 2.59 bits per heavy atom. The zero-order valence-electron chi connectivity index (χ0n) is 15.4. The maximum Gasteiger partial charge on any atom is 0.237 e. The molecule has 0 saturated carbocycles. The summed E-state index contributed by atoms with van der Waals surface area (Å²) in [6.45, 7) is 4.36. The molecule has 27 heavy (non-hydrogen) atoms. The number of thioether (sulfide) groups is 1. The van der Waals surface area contributed by atoms with E-state index in [2.05, 4.69) is 5.32 Å². The van der Waals surface area contributed by atoms with Gasteiger partial charge < -0.3 is 10.2 Å². The molecule has 1 N–H and O–H groups in total. The lowest BCUT2D eigenvalue weighted by molar-refractivity contribution is -0.122. The SMILES string of the molecule is CC(C)C(NC(=O)CCN1C(=O)CSc2ccccc21)c1ccc(F)cc1. The number of halogens is 1. The normalized spacial score (nSPS) is 14.8. The first kappa shape index (κ1) is 19.4. The van der Waals surface area contributed by atoms with Gasteiger partial charge in [0, 0.05) is 17.9 Å². The Balaban J connectivity index is 1.65. The summed E-state index contributed by atoms with van der Waals surface area (Å²) in [6, 6.07) is 13.7. The van der Waals surface area contributed by atoms with E-state index in [4.69, 9.17) is 0 Å². The molecule has 1 atom stereocenters. The number of nitrogens with one attached hydrogen (secondary N) is 1. The second kappa shape index (κ2) is 8.57. The van der Waals surface area contributed by atoms with Crippen molar-refractivity contribution < 1.29 is 14.0 Å². The second-order valence-corrected chi connectivity index (χ2v) is 7.91. The van der Waals surface area contributed by atoms with Crippen molar-refractivity contribution in [3.05, 3.63) is 59.9 Å². The molecule has 2 amide bonds. The third-order valence-electron chi connectivity index (χ3n) is 4.58. The number of fused-ring (bicyclic) bond motifs is 1. The quantitative estimate of drug-likeness (QED) is 0.811. The Hall–Kier alpha value is -2.34. The van der Waals surface area contributed by atoms with Gasteiger partial charge in [0.2, 0.25) is 11.8 Å². The number of rotatable bonds is 6. The van der Waals surface area contributed by atoms with E-state index in [0.717, 1.165) is 16.1 Å². The van der Waals surface area contributed by atoms with Gasteiger partial charge in [0.15, 0.2) is 0 Å². The smallest absolute Gasteiger partial charge is 0.237 e. The highest BCUT2D eigenvalue weighted by Crippen LogP contribution is 2.34. The van der Waals surface area contributed by atoms with Crippen LogP contribution in [0.1, 0.15) is 31.9 Å². The van der Waals surface area contributed by atoms with Crippen molar-refractivity contribution in [1.82, 2.24) is 5.32 Å². The topological polar surface area (TPSA) is 49.4 Å². The van der Waals surface area contributed by atoms with E-state index >= 15 is 0 Å². The predicted molar refractivity (Wildman–Crippen MR) is 106 cm³/mol. The number of para-hydroxylation sites is 1. The monoisotopic (exact) mass is 386 g/mol. The van der Waals surface area contributed by atoms with Crippen LogP contribution >= 0.6 is 11.8 Å². The largest absolute Gasteiger partial charge is 0.349 e. The fourth-order valence-electron chi connectivity index (χ4n) is 3.16. The standard InChI is InChI=1S/C21H23FN2O2S/c1-14(2)21(15-7-9-16(22)10-8-15)23-19(25)11-12-24-17-5-3-4-6-18(17)27-13-20(24)26/h3-10,14,21H,11-13H2,1-2H3,(H,23,25). The highest BCUT2D eigenvalue weighted by molar-refractivity contribution is 8.00. The van der Waals surface area contributed by atoms with Crippen LogP contribution in [0.2, 0.25) is 0 Å². The predicted octanol–water partition coefficient (Wildman–Crippen LogP) is 4.17. The Morgan fingerprint density at radius 2 is 1.89 bits per heavy atom. The highest BCUT2D eigenvalue weighted by atomic mass is 32.2. The summed E-state index contributed by atoms with van der Waals surface area (Å²) in [6.07, 6.45) is 0.217. The lowest BCUT2D eigenvalue weighted by Crippen LogP contribution is -2.39. The third-order valence-corrected chi connectivity index (χ3v) is 5.63. The second-order valence-electron chi connectivity index (χ2n) is 6.89. The fourth-order valence-corrected chi connectivity index (χ4v) is 4.10. The molecule has 142 valence electrons. The number of amides is 2. The summed E-state index contributed by atoms with van der Waals surface area (Å²) >= 11 is 1.53. The van der Waals surface area contributed by atoms with Crippen LogP contribution in [0.3, 0.4) is 0 Å². The summed E-state index contributed by atoms with van der Waals surface area (Å²) in [4.78, 5) is 27.6. The molecule has 2 aromatic carbocycles. The van der Waals surface area contributed by atoms with Gasteiger partial charge in [-0.25, -0.2) is 4.39 Å². The summed E-state index contributed by atoms with van der Waals surface area (Å²) in [5.41, 5.74) is 1.74. The van der Waals surface area contributed by atoms with Gasteiger partial charge in [-0.15, -0.1) is 11.8 Å². The number of nitrogens with zero attached hydrogens (tertiary/aromatic N) is 1.